The highest BCUT2D eigenvalue weighted by atomic mass is 35.5. The third-order valence-electron chi connectivity index (χ3n) is 3.32. The molecule has 0 saturated carbocycles. The lowest BCUT2D eigenvalue weighted by Crippen LogP contribution is -2.32. The predicted octanol–water partition coefficient (Wildman–Crippen LogP) is 3.91. The molecule has 1 aliphatic heterocycles. The van der Waals surface area contributed by atoms with Crippen LogP contribution in [0.2, 0.25) is 0 Å². The number of hydrogen-bond donors (Lipinski definition) is 0. The van der Waals surface area contributed by atoms with Gasteiger partial charge in [-0.3, -0.25) is 0 Å². The summed E-state index contributed by atoms with van der Waals surface area (Å²) in [6.07, 6.45) is 6.56. The smallest absolute Gasteiger partial charge is 0.0224 e. The van der Waals surface area contributed by atoms with Gasteiger partial charge in [-0.05, 0) is 50.6 Å². The quantitative estimate of drug-likeness (QED) is 0.649. The third kappa shape index (κ3) is 5.21. The van der Waals surface area contributed by atoms with Gasteiger partial charge in [-0.15, -0.1) is 11.6 Å². The number of hydrogen-bond acceptors (Lipinski definition) is 1. The molecule has 0 aliphatic carbocycles. The zero-order valence-corrected chi connectivity index (χ0v) is 11.3. The average Bonchev–Trinajstić information content (AvgIpc) is 2.57. The minimum Gasteiger partial charge on any atom is -0.300 e. The molecular formula is C13H26ClN. The summed E-state index contributed by atoms with van der Waals surface area (Å²) in [5.74, 6) is 0.823. The fourth-order valence-corrected chi connectivity index (χ4v) is 2.46. The summed E-state index contributed by atoms with van der Waals surface area (Å²) in [6, 6.07) is 0.825. The first-order valence-corrected chi connectivity index (χ1v) is 6.86. The van der Waals surface area contributed by atoms with Crippen molar-refractivity contribution in [3.63, 3.8) is 0 Å². The normalized spacial score (nSPS) is 23.6. The summed E-state index contributed by atoms with van der Waals surface area (Å²) in [5, 5.41) is 0. The van der Waals surface area contributed by atoms with Crippen LogP contribution in [0, 0.1) is 5.41 Å². The standard InChI is InChI=1S/C13H26ClN/c1-13(2,3)8-11-15-10-5-7-12(15)6-4-9-14/h12H,4-11H2,1-3H3. The summed E-state index contributed by atoms with van der Waals surface area (Å²) >= 11 is 5.76. The molecule has 1 atom stereocenters. The molecule has 15 heavy (non-hydrogen) atoms. The highest BCUT2D eigenvalue weighted by Crippen LogP contribution is 2.25. The molecular weight excluding hydrogens is 206 g/mol. The van der Waals surface area contributed by atoms with Gasteiger partial charge < -0.3 is 4.90 Å². The molecule has 1 saturated heterocycles. The van der Waals surface area contributed by atoms with Crippen molar-refractivity contribution in [1.29, 1.82) is 0 Å². The van der Waals surface area contributed by atoms with E-state index in [9.17, 15) is 0 Å². The van der Waals surface area contributed by atoms with E-state index in [1.807, 2.05) is 0 Å². The predicted molar refractivity (Wildman–Crippen MR) is 68.6 cm³/mol. The number of likely N-dealkylation sites (tertiary alicyclic amines) is 1. The van der Waals surface area contributed by atoms with E-state index < -0.39 is 0 Å². The Kier molecular flexibility index (Phi) is 5.42. The lowest BCUT2D eigenvalue weighted by molar-refractivity contribution is 0.205. The van der Waals surface area contributed by atoms with E-state index in [0.29, 0.717) is 5.41 Å². The fraction of sp³-hybridized carbons (Fsp3) is 1.00. The molecule has 1 unspecified atom stereocenters. The highest BCUT2D eigenvalue weighted by Gasteiger charge is 2.24. The Morgan fingerprint density at radius 3 is 2.67 bits per heavy atom. The molecule has 90 valence electrons. The number of nitrogens with zero attached hydrogens (tertiary/aromatic N) is 1. The van der Waals surface area contributed by atoms with Crippen LogP contribution in [0.4, 0.5) is 0 Å². The maximum atomic E-state index is 5.76. The molecule has 2 heteroatoms. The van der Waals surface area contributed by atoms with Crippen LogP contribution >= 0.6 is 11.6 Å². The molecule has 0 N–H and O–H groups in total. The molecule has 0 aromatic heterocycles. The lowest BCUT2D eigenvalue weighted by atomic mass is 9.92. The average molecular weight is 232 g/mol. The largest absolute Gasteiger partial charge is 0.300 e. The SMILES string of the molecule is CC(C)(C)CCN1CCCC1CCCCl. The molecule has 1 fully saturated rings. The first kappa shape index (κ1) is 13.3. The van der Waals surface area contributed by atoms with Crippen molar-refractivity contribution < 1.29 is 0 Å². The lowest BCUT2D eigenvalue weighted by Gasteiger charge is -2.28. The molecule has 0 aromatic carbocycles. The third-order valence-corrected chi connectivity index (χ3v) is 3.59. The second-order valence-corrected chi connectivity index (χ2v) is 6.35. The zero-order valence-electron chi connectivity index (χ0n) is 10.6. The topological polar surface area (TPSA) is 3.24 Å². The van der Waals surface area contributed by atoms with E-state index in [4.69, 9.17) is 11.6 Å². The van der Waals surface area contributed by atoms with Gasteiger partial charge in [0.15, 0.2) is 0 Å². The van der Waals surface area contributed by atoms with Crippen LogP contribution in [-0.2, 0) is 0 Å². The summed E-state index contributed by atoms with van der Waals surface area (Å²) in [6.45, 7) is 9.57. The molecule has 0 aromatic rings. The Bertz CT molecular complexity index is 174. The van der Waals surface area contributed by atoms with Crippen LogP contribution in [0.15, 0.2) is 0 Å². The van der Waals surface area contributed by atoms with Crippen molar-refractivity contribution >= 4 is 11.6 Å². The number of rotatable bonds is 5. The minimum absolute atomic E-state index is 0.472. The number of halogens is 1. The zero-order chi connectivity index (χ0) is 11.3. The molecule has 0 spiro atoms. The van der Waals surface area contributed by atoms with Crippen molar-refractivity contribution in [2.24, 2.45) is 5.41 Å². The second kappa shape index (κ2) is 6.10. The van der Waals surface area contributed by atoms with E-state index in [1.165, 1.54) is 45.2 Å². The molecule has 1 heterocycles. The molecule has 1 rings (SSSR count). The van der Waals surface area contributed by atoms with E-state index >= 15 is 0 Å². The minimum atomic E-state index is 0.472. The van der Waals surface area contributed by atoms with Gasteiger partial charge in [-0.1, -0.05) is 20.8 Å². The van der Waals surface area contributed by atoms with Crippen LogP contribution < -0.4 is 0 Å². The van der Waals surface area contributed by atoms with Gasteiger partial charge in [0, 0.05) is 11.9 Å². The van der Waals surface area contributed by atoms with Gasteiger partial charge in [0.25, 0.3) is 0 Å². The van der Waals surface area contributed by atoms with Crippen molar-refractivity contribution in [2.75, 3.05) is 19.0 Å². The Hall–Kier alpha value is 0.250. The van der Waals surface area contributed by atoms with E-state index in [0.717, 1.165) is 11.9 Å². The fourth-order valence-electron chi connectivity index (χ4n) is 2.31. The first-order chi connectivity index (χ1) is 7.03. The summed E-state index contributed by atoms with van der Waals surface area (Å²) < 4.78 is 0. The highest BCUT2D eigenvalue weighted by molar-refractivity contribution is 6.17. The summed E-state index contributed by atoms with van der Waals surface area (Å²) in [5.41, 5.74) is 0.472. The maximum absolute atomic E-state index is 5.76. The van der Waals surface area contributed by atoms with Crippen molar-refractivity contribution in [3.8, 4) is 0 Å². The van der Waals surface area contributed by atoms with Crippen molar-refractivity contribution in [3.05, 3.63) is 0 Å². The molecule has 0 radical (unpaired) electrons. The van der Waals surface area contributed by atoms with Crippen LogP contribution in [-0.4, -0.2) is 29.9 Å². The number of alkyl halides is 1. The second-order valence-electron chi connectivity index (χ2n) is 5.97. The Morgan fingerprint density at radius 1 is 1.33 bits per heavy atom. The molecule has 1 aliphatic rings. The monoisotopic (exact) mass is 231 g/mol. The van der Waals surface area contributed by atoms with Crippen molar-refractivity contribution in [1.82, 2.24) is 4.90 Å². The van der Waals surface area contributed by atoms with E-state index in [2.05, 4.69) is 25.7 Å². The Balaban J connectivity index is 2.27. The van der Waals surface area contributed by atoms with Crippen LogP contribution in [0.3, 0.4) is 0 Å². The van der Waals surface area contributed by atoms with Gasteiger partial charge in [-0.25, -0.2) is 0 Å². The Labute approximate surface area is 100 Å². The molecule has 0 bridgehead atoms. The van der Waals surface area contributed by atoms with Gasteiger partial charge in [0.1, 0.15) is 0 Å². The van der Waals surface area contributed by atoms with Gasteiger partial charge in [0.2, 0.25) is 0 Å². The van der Waals surface area contributed by atoms with Gasteiger partial charge >= 0.3 is 0 Å². The van der Waals surface area contributed by atoms with Gasteiger partial charge in [-0.2, -0.15) is 0 Å². The van der Waals surface area contributed by atoms with Crippen molar-refractivity contribution in [2.45, 2.75) is 58.9 Å². The molecule has 1 nitrogen and oxygen atoms in total. The van der Waals surface area contributed by atoms with Crippen LogP contribution in [0.25, 0.3) is 0 Å². The summed E-state index contributed by atoms with van der Waals surface area (Å²) in [4.78, 5) is 2.68. The van der Waals surface area contributed by atoms with Gasteiger partial charge in [0.05, 0.1) is 0 Å². The van der Waals surface area contributed by atoms with Crippen LogP contribution in [0.1, 0.15) is 52.9 Å². The Morgan fingerprint density at radius 2 is 2.07 bits per heavy atom. The maximum Gasteiger partial charge on any atom is 0.0224 e. The van der Waals surface area contributed by atoms with E-state index in [1.54, 1.807) is 0 Å². The summed E-state index contributed by atoms with van der Waals surface area (Å²) in [7, 11) is 0. The first-order valence-electron chi connectivity index (χ1n) is 6.33. The van der Waals surface area contributed by atoms with E-state index in [-0.39, 0.29) is 0 Å². The van der Waals surface area contributed by atoms with Crippen LogP contribution in [0.5, 0.6) is 0 Å². The molecule has 0 amide bonds.